The maximum absolute atomic E-state index is 11.6. The molecule has 0 heterocycles. The van der Waals surface area contributed by atoms with E-state index in [9.17, 15) is 9.90 Å². The van der Waals surface area contributed by atoms with Gasteiger partial charge in [-0.25, -0.2) is 0 Å². The van der Waals surface area contributed by atoms with Crippen molar-refractivity contribution in [3.8, 4) is 0 Å². The van der Waals surface area contributed by atoms with Crippen molar-refractivity contribution >= 4 is 5.97 Å². The number of methoxy groups -OCH3 is 2. The highest BCUT2D eigenvalue weighted by molar-refractivity contribution is 5.73. The average molecular weight is 216 g/mol. The molecule has 4 heteroatoms. The van der Waals surface area contributed by atoms with E-state index in [1.54, 1.807) is 0 Å². The highest BCUT2D eigenvalue weighted by Crippen LogP contribution is 2.45. The van der Waals surface area contributed by atoms with E-state index in [4.69, 9.17) is 9.47 Å². The minimum atomic E-state index is -1.05. The number of carbonyl (C=O) groups excluding carboxylic acids is 1. The first-order chi connectivity index (χ1) is 7.10. The molecule has 88 valence electrons. The molecule has 0 spiro atoms. The minimum Gasteiger partial charge on any atom is -0.469 e. The van der Waals surface area contributed by atoms with E-state index in [-0.39, 0.29) is 18.5 Å². The van der Waals surface area contributed by atoms with Crippen LogP contribution in [-0.2, 0) is 14.3 Å². The van der Waals surface area contributed by atoms with Gasteiger partial charge in [-0.15, -0.1) is 0 Å². The molecule has 1 saturated carbocycles. The lowest BCUT2D eigenvalue weighted by atomic mass is 9.82. The van der Waals surface area contributed by atoms with E-state index in [1.807, 2.05) is 6.92 Å². The van der Waals surface area contributed by atoms with Gasteiger partial charge >= 0.3 is 5.97 Å². The summed E-state index contributed by atoms with van der Waals surface area (Å²) in [5, 5.41) is 10.5. The largest absolute Gasteiger partial charge is 0.469 e. The van der Waals surface area contributed by atoms with Crippen molar-refractivity contribution in [2.45, 2.75) is 31.8 Å². The fourth-order valence-electron chi connectivity index (χ4n) is 2.18. The van der Waals surface area contributed by atoms with Crippen molar-refractivity contribution in [1.29, 1.82) is 0 Å². The summed E-state index contributed by atoms with van der Waals surface area (Å²) in [6, 6.07) is 0. The van der Waals surface area contributed by atoms with Crippen LogP contribution >= 0.6 is 0 Å². The lowest BCUT2D eigenvalue weighted by molar-refractivity contribution is -0.163. The molecule has 0 aliphatic heterocycles. The van der Waals surface area contributed by atoms with E-state index in [1.165, 1.54) is 14.2 Å². The lowest BCUT2D eigenvalue weighted by Crippen LogP contribution is -2.48. The second-order valence-electron chi connectivity index (χ2n) is 4.18. The Hall–Kier alpha value is -0.610. The Balaban J connectivity index is 2.79. The quantitative estimate of drug-likeness (QED) is 0.672. The number of rotatable bonds is 6. The highest BCUT2D eigenvalue weighted by Gasteiger charge is 2.51. The number of carbonyl (C=O) groups is 1. The van der Waals surface area contributed by atoms with Crippen molar-refractivity contribution in [2.24, 2.45) is 11.8 Å². The molecule has 0 saturated heterocycles. The number of esters is 1. The number of aliphatic hydroxyl groups is 1. The van der Waals surface area contributed by atoms with Crippen LogP contribution < -0.4 is 0 Å². The summed E-state index contributed by atoms with van der Waals surface area (Å²) < 4.78 is 9.75. The molecule has 0 amide bonds. The standard InChI is InChI=1S/C11H20O4/c1-4-9(10(12)15-3)11(13,7-14-2)8-5-6-8/h8-9,13H,4-7H2,1-3H3. The zero-order valence-corrected chi connectivity index (χ0v) is 9.66. The number of hydrogen-bond acceptors (Lipinski definition) is 4. The van der Waals surface area contributed by atoms with Gasteiger partial charge in [-0.1, -0.05) is 6.92 Å². The third-order valence-corrected chi connectivity index (χ3v) is 3.16. The Morgan fingerprint density at radius 2 is 2.13 bits per heavy atom. The van der Waals surface area contributed by atoms with Gasteiger partial charge in [-0.3, -0.25) is 4.79 Å². The van der Waals surface area contributed by atoms with Crippen molar-refractivity contribution in [2.75, 3.05) is 20.8 Å². The zero-order valence-electron chi connectivity index (χ0n) is 9.66. The zero-order chi connectivity index (χ0) is 11.5. The van der Waals surface area contributed by atoms with Gasteiger partial charge in [0.15, 0.2) is 0 Å². The third-order valence-electron chi connectivity index (χ3n) is 3.16. The molecule has 1 N–H and O–H groups in total. The Labute approximate surface area is 90.6 Å². The fourth-order valence-corrected chi connectivity index (χ4v) is 2.18. The van der Waals surface area contributed by atoms with Gasteiger partial charge in [0.05, 0.1) is 19.6 Å². The predicted octanol–water partition coefficient (Wildman–Crippen LogP) is 0.973. The third kappa shape index (κ3) is 2.49. The summed E-state index contributed by atoms with van der Waals surface area (Å²) in [4.78, 5) is 11.6. The van der Waals surface area contributed by atoms with Gasteiger partial charge in [0.1, 0.15) is 5.60 Å². The molecule has 4 nitrogen and oxygen atoms in total. The van der Waals surface area contributed by atoms with E-state index in [0.29, 0.717) is 6.42 Å². The molecule has 15 heavy (non-hydrogen) atoms. The average Bonchev–Trinajstić information content (AvgIpc) is 3.02. The predicted molar refractivity (Wildman–Crippen MR) is 55.3 cm³/mol. The van der Waals surface area contributed by atoms with Crippen LogP contribution in [0.2, 0.25) is 0 Å². The molecule has 1 rings (SSSR count). The Kier molecular flexibility index (Phi) is 4.11. The van der Waals surface area contributed by atoms with Crippen LogP contribution in [0.5, 0.6) is 0 Å². The number of hydrogen-bond donors (Lipinski definition) is 1. The molecular weight excluding hydrogens is 196 g/mol. The monoisotopic (exact) mass is 216 g/mol. The lowest BCUT2D eigenvalue weighted by Gasteiger charge is -2.33. The number of ether oxygens (including phenoxy) is 2. The van der Waals surface area contributed by atoms with Crippen LogP contribution in [0.15, 0.2) is 0 Å². The first kappa shape index (κ1) is 12.5. The highest BCUT2D eigenvalue weighted by atomic mass is 16.5. The van der Waals surface area contributed by atoms with Crippen LogP contribution in [0, 0.1) is 11.8 Å². The Bertz CT molecular complexity index is 225. The fraction of sp³-hybridized carbons (Fsp3) is 0.909. The maximum Gasteiger partial charge on any atom is 0.311 e. The molecule has 1 fully saturated rings. The molecule has 0 aromatic heterocycles. The van der Waals surface area contributed by atoms with E-state index < -0.39 is 11.5 Å². The summed E-state index contributed by atoms with van der Waals surface area (Å²) in [7, 11) is 2.89. The smallest absolute Gasteiger partial charge is 0.311 e. The van der Waals surface area contributed by atoms with Gasteiger partial charge in [0.2, 0.25) is 0 Å². The summed E-state index contributed by atoms with van der Waals surface area (Å²) >= 11 is 0. The Morgan fingerprint density at radius 3 is 2.47 bits per heavy atom. The normalized spacial score (nSPS) is 21.9. The Morgan fingerprint density at radius 1 is 1.53 bits per heavy atom. The van der Waals surface area contributed by atoms with Gasteiger partial charge in [0, 0.05) is 7.11 Å². The SMILES string of the molecule is CCC(C(=O)OC)C(O)(COC)C1CC1. The van der Waals surface area contributed by atoms with Gasteiger partial charge in [-0.2, -0.15) is 0 Å². The van der Waals surface area contributed by atoms with Crippen molar-refractivity contribution in [3.05, 3.63) is 0 Å². The molecule has 1 aliphatic carbocycles. The molecule has 0 aromatic rings. The molecule has 2 atom stereocenters. The van der Waals surface area contributed by atoms with Crippen molar-refractivity contribution < 1.29 is 19.4 Å². The van der Waals surface area contributed by atoms with Crippen LogP contribution in [0.4, 0.5) is 0 Å². The maximum atomic E-state index is 11.6. The van der Waals surface area contributed by atoms with Gasteiger partial charge in [0.25, 0.3) is 0 Å². The molecule has 0 radical (unpaired) electrons. The van der Waals surface area contributed by atoms with Crippen LogP contribution in [-0.4, -0.2) is 37.5 Å². The summed E-state index contributed by atoms with van der Waals surface area (Å²) in [6.07, 6.45) is 2.50. The molecule has 0 bridgehead atoms. The first-order valence-corrected chi connectivity index (χ1v) is 5.39. The summed E-state index contributed by atoms with van der Waals surface area (Å²) in [6.45, 7) is 2.08. The van der Waals surface area contributed by atoms with Crippen molar-refractivity contribution in [3.63, 3.8) is 0 Å². The van der Waals surface area contributed by atoms with Gasteiger partial charge < -0.3 is 14.6 Å². The van der Waals surface area contributed by atoms with Crippen LogP contribution in [0.3, 0.4) is 0 Å². The van der Waals surface area contributed by atoms with Gasteiger partial charge in [-0.05, 0) is 25.2 Å². The summed E-state index contributed by atoms with van der Waals surface area (Å²) in [5.74, 6) is -0.639. The van der Waals surface area contributed by atoms with Crippen LogP contribution in [0.1, 0.15) is 26.2 Å². The second kappa shape index (κ2) is 4.94. The van der Waals surface area contributed by atoms with E-state index in [2.05, 4.69) is 0 Å². The molecule has 1 aliphatic rings. The summed E-state index contributed by atoms with van der Waals surface area (Å²) in [5.41, 5.74) is -1.05. The van der Waals surface area contributed by atoms with E-state index in [0.717, 1.165) is 12.8 Å². The molecule has 0 aromatic carbocycles. The molecular formula is C11H20O4. The first-order valence-electron chi connectivity index (χ1n) is 5.39. The minimum absolute atomic E-state index is 0.182. The van der Waals surface area contributed by atoms with Crippen LogP contribution in [0.25, 0.3) is 0 Å². The molecule has 2 unspecified atom stereocenters. The topological polar surface area (TPSA) is 55.8 Å². The second-order valence-corrected chi connectivity index (χ2v) is 4.18. The van der Waals surface area contributed by atoms with E-state index >= 15 is 0 Å². The van der Waals surface area contributed by atoms with Crippen molar-refractivity contribution in [1.82, 2.24) is 0 Å².